The average Bonchev–Trinajstić information content (AvgIpc) is 2.46. The first-order chi connectivity index (χ1) is 11.5. The maximum absolute atomic E-state index is 11.2. The molecule has 140 valence electrons. The van der Waals surface area contributed by atoms with E-state index in [0.29, 0.717) is 0 Å². The quantitative estimate of drug-likeness (QED) is 0.257. The van der Waals surface area contributed by atoms with Gasteiger partial charge in [-0.25, -0.2) is 0 Å². The summed E-state index contributed by atoms with van der Waals surface area (Å²) in [7, 11) is 0. The van der Waals surface area contributed by atoms with Gasteiger partial charge in [-0.15, -0.1) is 12.6 Å². The number of azide groups is 2. The van der Waals surface area contributed by atoms with E-state index in [0.717, 1.165) is 0 Å². The fourth-order valence-corrected chi connectivity index (χ4v) is 2.26. The molecule has 1 aliphatic heterocycles. The van der Waals surface area contributed by atoms with Crippen LogP contribution in [0.1, 0.15) is 27.2 Å². The van der Waals surface area contributed by atoms with Crippen molar-refractivity contribution in [3.63, 3.8) is 0 Å². The molecule has 0 aromatic heterocycles. The van der Waals surface area contributed by atoms with Gasteiger partial charge in [-0.1, -0.05) is 10.2 Å². The molecule has 1 aliphatic rings. The molecule has 13 heteroatoms. The lowest BCUT2D eigenvalue weighted by molar-refractivity contribution is -0.335. The molecule has 1 fully saturated rings. The second-order valence-corrected chi connectivity index (χ2v) is 6.15. The smallest absolute Gasteiger partial charge is 0.182 e. The molecule has 1 rings (SSSR count). The Balaban J connectivity index is 0.00000129. The van der Waals surface area contributed by atoms with Crippen LogP contribution in [0.4, 0.5) is 0 Å². The molecule has 0 bridgehead atoms. The number of rotatable bonds is 5. The fourth-order valence-electron chi connectivity index (χ4n) is 2.26. The minimum atomic E-state index is -1.86. The van der Waals surface area contributed by atoms with Gasteiger partial charge in [0, 0.05) is 23.2 Å². The first kappa shape index (κ1) is 23.0. The molecule has 1 unspecified atom stereocenters. The van der Waals surface area contributed by atoms with Gasteiger partial charge in [0.1, 0.15) is 5.60 Å². The Bertz CT molecular complexity index is 567. The Morgan fingerprint density at radius 1 is 1.44 bits per heavy atom. The number of carboxylic acids is 1. The first-order valence-electron chi connectivity index (χ1n) is 7.03. The standard InChI is InChI=1S/C10H16N6O5.C2H4OS/c1-4(17)6(13-15-11)8-7(14-16-12)5(18)3-10(2,21-8)9(19)20;1-2(3)4/h4-8,17-18H,3H2,1-2H3,(H,19,20);1H3,(H,3,4)/p-1/t4-,5-,6-,7-,8?,10-;/m1./s1. The maximum Gasteiger partial charge on any atom is 0.182 e. The Kier molecular flexibility index (Phi) is 9.28. The number of thiol groups is 1. The average molecular weight is 375 g/mol. The molecular formula is C12H19N6O6S-. The highest BCUT2D eigenvalue weighted by molar-refractivity contribution is 7.96. The number of carboxylic acid groups (broad SMARTS) is 1. The number of aliphatic hydroxyl groups excluding tert-OH is 2. The van der Waals surface area contributed by atoms with Crippen LogP contribution < -0.4 is 5.11 Å². The minimum Gasteiger partial charge on any atom is -0.547 e. The van der Waals surface area contributed by atoms with Crippen molar-refractivity contribution < 1.29 is 29.6 Å². The summed E-state index contributed by atoms with van der Waals surface area (Å²) in [6.45, 7) is 3.87. The molecule has 1 heterocycles. The molecule has 0 amide bonds. The summed E-state index contributed by atoms with van der Waals surface area (Å²) in [5.74, 6) is -1.57. The van der Waals surface area contributed by atoms with Crippen LogP contribution in [-0.4, -0.2) is 57.3 Å². The third kappa shape index (κ3) is 6.78. The van der Waals surface area contributed by atoms with Crippen LogP contribution in [0.15, 0.2) is 10.2 Å². The number of carbonyl (C=O) groups excluding carboxylic acids is 2. The highest BCUT2D eigenvalue weighted by Crippen LogP contribution is 2.34. The van der Waals surface area contributed by atoms with Crippen molar-refractivity contribution in [2.24, 2.45) is 10.2 Å². The van der Waals surface area contributed by atoms with Crippen LogP contribution in [0.2, 0.25) is 0 Å². The SMILES string of the molecule is CC(=O)S.C[C@@H](O)[C@@H](N=[N+]=[N-])C1O[C@@](C)(C(=O)[O-])C[C@@H](O)[C@H]1N=[N+]=[N-]. The van der Waals surface area contributed by atoms with E-state index < -0.39 is 42.0 Å². The Labute approximate surface area is 148 Å². The van der Waals surface area contributed by atoms with Gasteiger partial charge in [0.15, 0.2) is 5.12 Å². The van der Waals surface area contributed by atoms with E-state index in [9.17, 15) is 24.9 Å². The topological polar surface area (TPSA) is 204 Å². The molecule has 0 radical (unpaired) electrons. The summed E-state index contributed by atoms with van der Waals surface area (Å²) in [6, 6.07) is -2.44. The second kappa shape index (κ2) is 10.1. The molecule has 1 saturated heterocycles. The summed E-state index contributed by atoms with van der Waals surface area (Å²) in [5.41, 5.74) is 15.2. The summed E-state index contributed by atoms with van der Waals surface area (Å²) in [5, 5.41) is 37.4. The van der Waals surface area contributed by atoms with Crippen LogP contribution >= 0.6 is 12.6 Å². The molecule has 12 nitrogen and oxygen atoms in total. The summed E-state index contributed by atoms with van der Waals surface area (Å²) >= 11 is 3.33. The number of aliphatic hydroxyl groups is 2. The van der Waals surface area contributed by atoms with Crippen LogP contribution in [0, 0.1) is 0 Å². The normalized spacial score (nSPS) is 30.4. The summed E-state index contributed by atoms with van der Waals surface area (Å²) < 4.78 is 5.34. The van der Waals surface area contributed by atoms with Gasteiger partial charge in [0.2, 0.25) is 0 Å². The minimum absolute atomic E-state index is 0.139. The van der Waals surface area contributed by atoms with Gasteiger partial charge in [-0.05, 0) is 24.9 Å². The largest absolute Gasteiger partial charge is 0.547 e. The van der Waals surface area contributed by atoms with Crippen LogP contribution in [0.3, 0.4) is 0 Å². The number of ether oxygens (including phenoxy) is 1. The zero-order valence-electron chi connectivity index (χ0n) is 13.8. The molecule has 0 spiro atoms. The van der Waals surface area contributed by atoms with E-state index in [1.165, 1.54) is 20.8 Å². The van der Waals surface area contributed by atoms with Crippen LogP contribution in [0.5, 0.6) is 0 Å². The molecule has 6 atom stereocenters. The Hall–Kier alpha value is -2.01. The molecule has 0 aromatic rings. The van der Waals surface area contributed by atoms with Gasteiger partial charge in [0.05, 0.1) is 36.4 Å². The van der Waals surface area contributed by atoms with Gasteiger partial charge >= 0.3 is 0 Å². The van der Waals surface area contributed by atoms with Gasteiger partial charge in [-0.2, -0.15) is 0 Å². The van der Waals surface area contributed by atoms with E-state index in [-0.39, 0.29) is 11.5 Å². The van der Waals surface area contributed by atoms with Crippen molar-refractivity contribution in [1.29, 1.82) is 0 Å². The number of carbonyl (C=O) groups is 2. The predicted molar refractivity (Wildman–Crippen MR) is 86.1 cm³/mol. The number of hydrogen-bond donors (Lipinski definition) is 3. The monoisotopic (exact) mass is 375 g/mol. The van der Waals surface area contributed by atoms with Crippen molar-refractivity contribution in [2.45, 2.75) is 63.2 Å². The third-order valence-corrected chi connectivity index (χ3v) is 3.36. The molecule has 25 heavy (non-hydrogen) atoms. The fraction of sp³-hybridized carbons (Fsp3) is 0.833. The molecule has 0 saturated carbocycles. The van der Waals surface area contributed by atoms with Crippen molar-refractivity contribution in [1.82, 2.24) is 0 Å². The first-order valence-corrected chi connectivity index (χ1v) is 7.48. The van der Waals surface area contributed by atoms with Crippen molar-refractivity contribution in [2.75, 3.05) is 0 Å². The molecule has 0 aromatic carbocycles. The molecule has 0 aliphatic carbocycles. The predicted octanol–water partition coefficient (Wildman–Crippen LogP) is -0.154. The van der Waals surface area contributed by atoms with E-state index in [1.807, 2.05) is 0 Å². The van der Waals surface area contributed by atoms with E-state index >= 15 is 0 Å². The zero-order chi connectivity index (χ0) is 19.8. The summed E-state index contributed by atoms with van der Waals surface area (Å²) in [6.07, 6.45) is -4.22. The van der Waals surface area contributed by atoms with Crippen molar-refractivity contribution in [3.8, 4) is 0 Å². The van der Waals surface area contributed by atoms with E-state index in [2.05, 4.69) is 32.7 Å². The van der Waals surface area contributed by atoms with E-state index in [1.54, 1.807) is 0 Å². The lowest BCUT2D eigenvalue weighted by atomic mass is 9.84. The van der Waals surface area contributed by atoms with Gasteiger partial charge in [0.25, 0.3) is 0 Å². The highest BCUT2D eigenvalue weighted by atomic mass is 32.1. The van der Waals surface area contributed by atoms with E-state index in [4.69, 9.17) is 15.8 Å². The number of nitrogens with zero attached hydrogens (tertiary/aromatic N) is 6. The van der Waals surface area contributed by atoms with Crippen molar-refractivity contribution in [3.05, 3.63) is 20.9 Å². The molecule has 2 N–H and O–H groups in total. The Morgan fingerprint density at radius 2 is 1.96 bits per heavy atom. The number of hydrogen-bond acceptors (Lipinski definition) is 8. The lowest BCUT2D eigenvalue weighted by Crippen LogP contribution is -2.63. The Morgan fingerprint density at radius 3 is 2.32 bits per heavy atom. The van der Waals surface area contributed by atoms with Crippen LogP contribution in [0.25, 0.3) is 20.9 Å². The van der Waals surface area contributed by atoms with Gasteiger partial charge < -0.3 is 24.9 Å². The van der Waals surface area contributed by atoms with Crippen molar-refractivity contribution >= 4 is 23.7 Å². The lowest BCUT2D eigenvalue weighted by Gasteiger charge is -2.46. The third-order valence-electron chi connectivity index (χ3n) is 3.36. The maximum atomic E-state index is 11.2. The summed E-state index contributed by atoms with van der Waals surface area (Å²) in [4.78, 5) is 25.6. The zero-order valence-corrected chi connectivity index (χ0v) is 14.6. The number of aliphatic carboxylic acids is 1. The molecular weight excluding hydrogens is 356 g/mol. The second-order valence-electron chi connectivity index (χ2n) is 5.52. The highest BCUT2D eigenvalue weighted by Gasteiger charge is 2.48. The van der Waals surface area contributed by atoms with Gasteiger partial charge in [-0.3, -0.25) is 4.79 Å². The van der Waals surface area contributed by atoms with Crippen LogP contribution in [-0.2, 0) is 14.3 Å².